The summed E-state index contributed by atoms with van der Waals surface area (Å²) in [6.45, 7) is 7.90. The van der Waals surface area contributed by atoms with Crippen LogP contribution in [0.4, 0.5) is 34.8 Å². The maximum Gasteiger partial charge on any atom is 0.417 e. The highest BCUT2D eigenvalue weighted by atomic mass is 19.4. The van der Waals surface area contributed by atoms with Gasteiger partial charge in [-0.1, -0.05) is 18.7 Å². The first kappa shape index (κ1) is 28.9. The lowest BCUT2D eigenvalue weighted by atomic mass is 9.97. The van der Waals surface area contributed by atoms with Crippen molar-refractivity contribution in [1.29, 1.82) is 0 Å². The summed E-state index contributed by atoms with van der Waals surface area (Å²) in [5, 5.41) is 2.58. The first-order chi connectivity index (χ1) is 19.9. The summed E-state index contributed by atoms with van der Waals surface area (Å²) in [5.41, 5.74) is -0.927. The standard InChI is InChI=1S/C30H30F4N6O2/c1-18-16-40(17-19(2)38(18)3)26-14-24(31)21(20-7-10-39(11-8-20)27-6-4-5-9-35-27)12-25(26)37-29(42)22-15-36-28(41)13-23(22)30(32,33)34/h4-7,9,12-15,19H,1,8,10-11,16-17H2,2-3H3,(H,36,41)(H,37,42)/t19-/m0/s1. The summed E-state index contributed by atoms with van der Waals surface area (Å²) in [6.07, 6.45) is -0.136. The van der Waals surface area contributed by atoms with Crippen LogP contribution in [0.5, 0.6) is 0 Å². The molecule has 0 unspecified atom stereocenters. The molecule has 1 saturated heterocycles. The van der Waals surface area contributed by atoms with E-state index in [2.05, 4.69) is 21.9 Å². The number of nitrogens with one attached hydrogen (secondary N) is 2. The van der Waals surface area contributed by atoms with Crippen LogP contribution >= 0.6 is 0 Å². The van der Waals surface area contributed by atoms with Crippen LogP contribution in [0, 0.1) is 5.82 Å². The second-order valence-electron chi connectivity index (χ2n) is 10.4. The number of halogens is 4. The number of piperazine rings is 1. The van der Waals surface area contributed by atoms with Gasteiger partial charge in [-0.25, -0.2) is 9.37 Å². The Morgan fingerprint density at radius 2 is 1.98 bits per heavy atom. The first-order valence-electron chi connectivity index (χ1n) is 13.4. The summed E-state index contributed by atoms with van der Waals surface area (Å²) in [4.78, 5) is 37.3. The van der Waals surface area contributed by atoms with E-state index < -0.39 is 34.6 Å². The number of carbonyl (C=O) groups is 1. The van der Waals surface area contributed by atoms with E-state index in [1.807, 2.05) is 52.9 Å². The minimum absolute atomic E-state index is 0.00667. The van der Waals surface area contributed by atoms with Crippen LogP contribution in [0.1, 0.15) is 34.8 Å². The largest absolute Gasteiger partial charge is 0.417 e. The predicted molar refractivity (Wildman–Crippen MR) is 154 cm³/mol. The molecule has 1 amide bonds. The minimum atomic E-state index is -4.94. The topological polar surface area (TPSA) is 84.6 Å². The zero-order valence-corrected chi connectivity index (χ0v) is 23.1. The number of carbonyl (C=O) groups excluding carboxylic acids is 1. The SMILES string of the molecule is C=C1CN(c2cc(F)c(C3=CCN(c4ccccn4)CC3)cc2NC(=O)c2c[nH]c(=O)cc2C(F)(F)F)C[C@H](C)N1C. The molecule has 2 N–H and O–H groups in total. The Morgan fingerprint density at radius 1 is 1.19 bits per heavy atom. The van der Waals surface area contributed by atoms with Crippen molar-refractivity contribution in [1.82, 2.24) is 14.9 Å². The summed E-state index contributed by atoms with van der Waals surface area (Å²) >= 11 is 0. The second kappa shape index (κ2) is 11.3. The number of benzene rings is 1. The number of amides is 1. The van der Waals surface area contributed by atoms with Gasteiger partial charge in [0.2, 0.25) is 5.56 Å². The number of anilines is 3. The summed E-state index contributed by atoms with van der Waals surface area (Å²) in [7, 11) is 1.90. The van der Waals surface area contributed by atoms with Crippen molar-refractivity contribution in [3.05, 3.63) is 100 Å². The summed E-state index contributed by atoms with van der Waals surface area (Å²) in [6, 6.07) is 8.72. The highest BCUT2D eigenvalue weighted by Crippen LogP contribution is 2.37. The van der Waals surface area contributed by atoms with Gasteiger partial charge < -0.3 is 25.0 Å². The number of aromatic amines is 1. The van der Waals surface area contributed by atoms with Crippen LogP contribution in [0.25, 0.3) is 5.57 Å². The van der Waals surface area contributed by atoms with Crippen molar-refractivity contribution in [2.45, 2.75) is 25.6 Å². The maximum absolute atomic E-state index is 15.8. The lowest BCUT2D eigenvalue weighted by Crippen LogP contribution is -2.48. The van der Waals surface area contributed by atoms with Gasteiger partial charge in [0.25, 0.3) is 5.91 Å². The third-order valence-electron chi connectivity index (χ3n) is 7.69. The van der Waals surface area contributed by atoms with Crippen molar-refractivity contribution < 1.29 is 22.4 Å². The highest BCUT2D eigenvalue weighted by Gasteiger charge is 2.36. The molecule has 42 heavy (non-hydrogen) atoms. The number of aromatic nitrogens is 2. The number of nitrogens with zero attached hydrogens (tertiary/aromatic N) is 4. The average Bonchev–Trinajstić information content (AvgIpc) is 2.96. The molecule has 5 rings (SSSR count). The molecule has 1 atom stereocenters. The van der Waals surface area contributed by atoms with E-state index >= 15 is 4.39 Å². The fourth-order valence-electron chi connectivity index (χ4n) is 5.25. The second-order valence-corrected chi connectivity index (χ2v) is 10.4. The van der Waals surface area contributed by atoms with Crippen molar-refractivity contribution in [2.24, 2.45) is 0 Å². The molecule has 2 aromatic heterocycles. The zero-order valence-electron chi connectivity index (χ0n) is 23.1. The normalized spacial score (nSPS) is 17.8. The molecule has 0 saturated carbocycles. The number of H-pyrrole nitrogens is 1. The van der Waals surface area contributed by atoms with Gasteiger partial charge >= 0.3 is 6.18 Å². The van der Waals surface area contributed by atoms with Gasteiger partial charge in [0.1, 0.15) is 11.6 Å². The number of hydrogen-bond donors (Lipinski definition) is 2. The van der Waals surface area contributed by atoms with E-state index in [0.29, 0.717) is 49.9 Å². The Bertz CT molecular complexity index is 1600. The Morgan fingerprint density at radius 3 is 2.62 bits per heavy atom. The number of rotatable bonds is 5. The first-order valence-corrected chi connectivity index (χ1v) is 13.4. The third kappa shape index (κ3) is 5.88. The number of pyridine rings is 2. The van der Waals surface area contributed by atoms with Crippen LogP contribution < -0.4 is 20.7 Å². The highest BCUT2D eigenvalue weighted by molar-refractivity contribution is 6.07. The maximum atomic E-state index is 15.8. The van der Waals surface area contributed by atoms with Crippen molar-refractivity contribution in [2.75, 3.05) is 48.3 Å². The lowest BCUT2D eigenvalue weighted by Gasteiger charge is -2.42. The minimum Gasteiger partial charge on any atom is -0.372 e. The summed E-state index contributed by atoms with van der Waals surface area (Å²) < 4.78 is 56.9. The molecule has 4 heterocycles. The Kier molecular flexibility index (Phi) is 7.81. The molecule has 0 aliphatic carbocycles. The molecule has 8 nitrogen and oxygen atoms in total. The van der Waals surface area contributed by atoms with E-state index in [1.165, 1.54) is 12.1 Å². The smallest absolute Gasteiger partial charge is 0.372 e. The molecule has 2 aliphatic rings. The van der Waals surface area contributed by atoms with E-state index in [-0.39, 0.29) is 17.3 Å². The third-order valence-corrected chi connectivity index (χ3v) is 7.69. The van der Waals surface area contributed by atoms with Crippen molar-refractivity contribution in [3.63, 3.8) is 0 Å². The fourth-order valence-corrected chi connectivity index (χ4v) is 5.25. The quantitative estimate of drug-likeness (QED) is 0.406. The Labute approximate surface area is 240 Å². The molecule has 0 spiro atoms. The molecule has 12 heteroatoms. The van der Waals surface area contributed by atoms with Crippen LogP contribution in [0.15, 0.2) is 71.9 Å². The average molecular weight is 583 g/mol. The molecular weight excluding hydrogens is 552 g/mol. The zero-order chi connectivity index (χ0) is 30.2. The van der Waals surface area contributed by atoms with Gasteiger partial charge in [-0.05, 0) is 43.2 Å². The number of alkyl halides is 3. The molecule has 220 valence electrons. The molecule has 1 aromatic carbocycles. The summed E-state index contributed by atoms with van der Waals surface area (Å²) in [5.74, 6) is -0.808. The van der Waals surface area contributed by atoms with Gasteiger partial charge in [0.05, 0.1) is 29.0 Å². The van der Waals surface area contributed by atoms with Crippen LogP contribution in [0.3, 0.4) is 0 Å². The van der Waals surface area contributed by atoms with Gasteiger partial charge in [-0.3, -0.25) is 9.59 Å². The Hall–Kier alpha value is -4.61. The predicted octanol–water partition coefficient (Wildman–Crippen LogP) is 5.13. The molecule has 2 aliphatic heterocycles. The van der Waals surface area contributed by atoms with E-state index in [9.17, 15) is 22.8 Å². The molecule has 3 aromatic rings. The van der Waals surface area contributed by atoms with Gasteiger partial charge in [-0.15, -0.1) is 0 Å². The van der Waals surface area contributed by atoms with Crippen LogP contribution in [-0.2, 0) is 6.18 Å². The van der Waals surface area contributed by atoms with Crippen molar-refractivity contribution >= 4 is 28.7 Å². The lowest BCUT2D eigenvalue weighted by molar-refractivity contribution is -0.138. The molecule has 0 radical (unpaired) electrons. The fraction of sp³-hybridized carbons (Fsp3) is 0.300. The van der Waals surface area contributed by atoms with Crippen molar-refractivity contribution in [3.8, 4) is 0 Å². The van der Waals surface area contributed by atoms with Crippen LogP contribution in [-0.4, -0.2) is 60.0 Å². The molecular formula is C30H30F4N6O2. The number of likely N-dealkylation sites (N-methyl/N-ethyl adjacent to an activating group) is 1. The monoisotopic (exact) mass is 582 g/mol. The van der Waals surface area contributed by atoms with Gasteiger partial charge in [0.15, 0.2) is 0 Å². The van der Waals surface area contributed by atoms with E-state index in [4.69, 9.17) is 0 Å². The van der Waals surface area contributed by atoms with Crippen LogP contribution in [0.2, 0.25) is 0 Å². The Balaban J connectivity index is 1.53. The van der Waals surface area contributed by atoms with Gasteiger partial charge in [-0.2, -0.15) is 13.2 Å². The molecule has 1 fully saturated rings. The number of hydrogen-bond acceptors (Lipinski definition) is 6. The van der Waals surface area contributed by atoms with E-state index in [0.717, 1.165) is 17.7 Å². The van der Waals surface area contributed by atoms with E-state index in [1.54, 1.807) is 6.20 Å². The van der Waals surface area contributed by atoms with Gasteiger partial charge in [0, 0.05) is 62.4 Å². The molecule has 0 bridgehead atoms.